The lowest BCUT2D eigenvalue weighted by Crippen LogP contribution is -2.37. The van der Waals surface area contributed by atoms with Gasteiger partial charge in [0.05, 0.1) is 7.11 Å². The summed E-state index contributed by atoms with van der Waals surface area (Å²) in [6.07, 6.45) is 5.31. The van der Waals surface area contributed by atoms with E-state index in [1.54, 1.807) is 26.1 Å². The Hall–Kier alpha value is -3.58. The Morgan fingerprint density at radius 3 is 2.68 bits per heavy atom. The molecular formula is C27H31N3O4. The monoisotopic (exact) mass is 461 g/mol. The fourth-order valence-electron chi connectivity index (χ4n) is 4.36. The lowest BCUT2D eigenvalue weighted by molar-refractivity contribution is -0.142. The number of nitrogens with zero attached hydrogens (tertiary/aromatic N) is 3. The van der Waals surface area contributed by atoms with Gasteiger partial charge in [-0.2, -0.15) is 0 Å². The van der Waals surface area contributed by atoms with E-state index in [1.165, 1.54) is 0 Å². The summed E-state index contributed by atoms with van der Waals surface area (Å²) in [5.41, 5.74) is 3.90. The second kappa shape index (κ2) is 10.6. The SMILES string of the molecule is COc1ccccc1-c1cc(CCCCn2cc(C[C@@H](C(=O)O)N(C)C)c3ccccc32)on1. The van der Waals surface area contributed by atoms with Crippen LogP contribution in [0.3, 0.4) is 0 Å². The maximum absolute atomic E-state index is 11.7. The molecule has 4 rings (SSSR count). The molecule has 178 valence electrons. The zero-order valence-corrected chi connectivity index (χ0v) is 19.9. The Labute approximate surface area is 199 Å². The maximum Gasteiger partial charge on any atom is 0.321 e. The summed E-state index contributed by atoms with van der Waals surface area (Å²) in [7, 11) is 5.26. The molecular weight excluding hydrogens is 430 g/mol. The molecule has 0 spiro atoms. The highest BCUT2D eigenvalue weighted by molar-refractivity contribution is 5.85. The molecule has 2 aromatic heterocycles. The van der Waals surface area contributed by atoms with Crippen LogP contribution in [0, 0.1) is 0 Å². The van der Waals surface area contributed by atoms with Crippen molar-refractivity contribution in [3.05, 3.63) is 72.1 Å². The van der Waals surface area contributed by atoms with Gasteiger partial charge in [0, 0.05) is 48.1 Å². The fourth-order valence-corrected chi connectivity index (χ4v) is 4.36. The average Bonchev–Trinajstić information content (AvgIpc) is 3.45. The Morgan fingerprint density at radius 2 is 1.91 bits per heavy atom. The van der Waals surface area contributed by atoms with Crippen molar-refractivity contribution < 1.29 is 19.2 Å². The summed E-state index contributed by atoms with van der Waals surface area (Å²) >= 11 is 0. The number of rotatable bonds is 11. The molecule has 4 aromatic rings. The van der Waals surface area contributed by atoms with Gasteiger partial charge in [-0.05, 0) is 50.7 Å². The first kappa shape index (κ1) is 23.6. The van der Waals surface area contributed by atoms with Crippen LogP contribution >= 0.6 is 0 Å². The molecule has 2 heterocycles. The van der Waals surface area contributed by atoms with Gasteiger partial charge >= 0.3 is 5.97 Å². The van der Waals surface area contributed by atoms with Gasteiger partial charge in [-0.25, -0.2) is 0 Å². The van der Waals surface area contributed by atoms with Crippen LogP contribution in [0.25, 0.3) is 22.2 Å². The first-order valence-corrected chi connectivity index (χ1v) is 11.5. The van der Waals surface area contributed by atoms with Crippen LogP contribution in [-0.2, 0) is 24.2 Å². The van der Waals surface area contributed by atoms with E-state index in [-0.39, 0.29) is 0 Å². The third kappa shape index (κ3) is 5.15. The molecule has 0 aliphatic heterocycles. The van der Waals surface area contributed by atoms with Crippen molar-refractivity contribution in [2.75, 3.05) is 21.2 Å². The third-order valence-corrected chi connectivity index (χ3v) is 6.21. The number of hydrogen-bond donors (Lipinski definition) is 1. The number of methoxy groups -OCH3 is 1. The summed E-state index contributed by atoms with van der Waals surface area (Å²) in [5, 5.41) is 14.9. The molecule has 0 radical (unpaired) electrons. The molecule has 0 bridgehead atoms. The average molecular weight is 462 g/mol. The van der Waals surface area contributed by atoms with Gasteiger partial charge in [-0.3, -0.25) is 9.69 Å². The zero-order chi connectivity index (χ0) is 24.1. The first-order chi connectivity index (χ1) is 16.5. The molecule has 0 saturated heterocycles. The van der Waals surface area contributed by atoms with Crippen molar-refractivity contribution in [3.8, 4) is 17.0 Å². The van der Waals surface area contributed by atoms with Gasteiger partial charge in [0.25, 0.3) is 0 Å². The number of carboxylic acids is 1. The smallest absolute Gasteiger partial charge is 0.321 e. The van der Waals surface area contributed by atoms with E-state index in [1.807, 2.05) is 42.5 Å². The maximum atomic E-state index is 11.7. The molecule has 1 atom stereocenters. The van der Waals surface area contributed by atoms with Gasteiger partial charge in [0.2, 0.25) is 0 Å². The van der Waals surface area contributed by atoms with Crippen LogP contribution in [0.15, 0.2) is 65.3 Å². The molecule has 0 aliphatic carbocycles. The fraction of sp³-hybridized carbons (Fsp3) is 0.333. The number of fused-ring (bicyclic) bond motifs is 1. The topological polar surface area (TPSA) is 80.7 Å². The second-order valence-electron chi connectivity index (χ2n) is 8.72. The standard InChI is InChI=1S/C27H31N3O4/c1-29(2)25(27(31)32)16-19-18-30(24-13-6-4-11-21(19)24)15-9-8-10-20-17-23(28-34-20)22-12-5-7-14-26(22)33-3/h4-7,11-14,17-18,25H,8-10,15-16H2,1-3H3,(H,31,32)/t25-/m0/s1. The normalized spacial score (nSPS) is 12.4. The van der Waals surface area contributed by atoms with E-state index in [2.05, 4.69) is 28.1 Å². The summed E-state index contributed by atoms with van der Waals surface area (Å²) in [6.45, 7) is 0.855. The molecule has 1 N–H and O–H groups in total. The van der Waals surface area contributed by atoms with E-state index < -0.39 is 12.0 Å². The number of carbonyl (C=O) groups is 1. The first-order valence-electron chi connectivity index (χ1n) is 11.5. The van der Waals surface area contributed by atoms with Crippen LogP contribution in [0.5, 0.6) is 5.75 Å². The predicted molar refractivity (Wildman–Crippen MR) is 132 cm³/mol. The minimum Gasteiger partial charge on any atom is -0.496 e. The highest BCUT2D eigenvalue weighted by atomic mass is 16.5. The number of likely N-dealkylation sites (N-methyl/N-ethyl adjacent to an activating group) is 1. The van der Waals surface area contributed by atoms with Crippen LogP contribution in [0.2, 0.25) is 0 Å². The summed E-state index contributed by atoms with van der Waals surface area (Å²) in [5.74, 6) is 0.827. The number of para-hydroxylation sites is 2. The number of hydrogen-bond acceptors (Lipinski definition) is 5. The van der Waals surface area contributed by atoms with Gasteiger partial charge in [-0.15, -0.1) is 0 Å². The van der Waals surface area contributed by atoms with Crippen LogP contribution in [0.1, 0.15) is 24.2 Å². The van der Waals surface area contributed by atoms with Gasteiger partial charge in [0.15, 0.2) is 0 Å². The number of aliphatic carboxylic acids is 1. The molecule has 7 heteroatoms. The summed E-state index contributed by atoms with van der Waals surface area (Å²) < 4.78 is 13.2. The molecule has 2 aromatic carbocycles. The van der Waals surface area contributed by atoms with Crippen LogP contribution in [-0.4, -0.2) is 52.9 Å². The molecule has 7 nitrogen and oxygen atoms in total. The van der Waals surface area contributed by atoms with E-state index >= 15 is 0 Å². The Morgan fingerprint density at radius 1 is 1.15 bits per heavy atom. The lowest BCUT2D eigenvalue weighted by Gasteiger charge is -2.19. The molecule has 0 amide bonds. The minimum absolute atomic E-state index is 0.472. The van der Waals surface area contributed by atoms with Gasteiger partial charge in [-0.1, -0.05) is 35.5 Å². The van der Waals surface area contributed by atoms with Crippen LogP contribution < -0.4 is 4.74 Å². The van der Waals surface area contributed by atoms with Gasteiger partial charge in [0.1, 0.15) is 23.2 Å². The number of unbranched alkanes of at least 4 members (excludes halogenated alkanes) is 1. The van der Waals surface area contributed by atoms with Crippen molar-refractivity contribution in [1.29, 1.82) is 0 Å². The molecule has 0 saturated carbocycles. The van der Waals surface area contributed by atoms with Crippen LogP contribution in [0.4, 0.5) is 0 Å². The molecule has 0 aliphatic rings. The van der Waals surface area contributed by atoms with Crippen molar-refractivity contribution >= 4 is 16.9 Å². The summed E-state index contributed by atoms with van der Waals surface area (Å²) in [6, 6.07) is 17.4. The van der Waals surface area contributed by atoms with E-state index in [9.17, 15) is 9.90 Å². The Kier molecular flexibility index (Phi) is 7.33. The zero-order valence-electron chi connectivity index (χ0n) is 19.9. The molecule has 0 unspecified atom stereocenters. The highest BCUT2D eigenvalue weighted by Gasteiger charge is 2.22. The van der Waals surface area contributed by atoms with E-state index in [0.717, 1.165) is 65.0 Å². The number of ether oxygens (including phenoxy) is 1. The van der Waals surface area contributed by atoms with Gasteiger partial charge < -0.3 is 18.9 Å². The quantitative estimate of drug-likeness (QED) is 0.321. The Bertz CT molecular complexity index is 1260. The third-order valence-electron chi connectivity index (χ3n) is 6.21. The summed E-state index contributed by atoms with van der Waals surface area (Å²) in [4.78, 5) is 13.4. The molecule has 34 heavy (non-hydrogen) atoms. The number of aromatic nitrogens is 2. The number of benzene rings is 2. The second-order valence-corrected chi connectivity index (χ2v) is 8.72. The predicted octanol–water partition coefficient (Wildman–Crippen LogP) is 4.89. The van der Waals surface area contributed by atoms with Crippen molar-refractivity contribution in [3.63, 3.8) is 0 Å². The number of aryl methyl sites for hydroxylation is 2. The van der Waals surface area contributed by atoms with Crippen molar-refractivity contribution in [2.24, 2.45) is 0 Å². The van der Waals surface area contributed by atoms with Crippen molar-refractivity contribution in [1.82, 2.24) is 14.6 Å². The number of carboxylic acid groups (broad SMARTS) is 1. The largest absolute Gasteiger partial charge is 0.496 e. The van der Waals surface area contributed by atoms with E-state index in [4.69, 9.17) is 9.26 Å². The van der Waals surface area contributed by atoms with E-state index in [0.29, 0.717) is 6.42 Å². The lowest BCUT2D eigenvalue weighted by atomic mass is 10.0. The highest BCUT2D eigenvalue weighted by Crippen LogP contribution is 2.29. The Balaban J connectivity index is 1.40. The van der Waals surface area contributed by atoms with Crippen molar-refractivity contribution in [2.45, 2.75) is 38.3 Å². The minimum atomic E-state index is -0.804. The molecule has 0 fully saturated rings.